The molecule has 0 radical (unpaired) electrons. The van der Waals surface area contributed by atoms with Gasteiger partial charge in [0.05, 0.1) is 6.26 Å². The highest BCUT2D eigenvalue weighted by Crippen LogP contribution is 1.96. The van der Waals surface area contributed by atoms with Crippen LogP contribution in [0.15, 0.2) is 12.8 Å². The van der Waals surface area contributed by atoms with Crippen LogP contribution in [0.2, 0.25) is 0 Å². The molecule has 0 unspecified atom stereocenters. The number of carboxylic acid groups (broad SMARTS) is 1. The van der Waals surface area contributed by atoms with E-state index in [4.69, 9.17) is 15.3 Å². The van der Waals surface area contributed by atoms with Gasteiger partial charge in [0.25, 0.3) is 0 Å². The Morgan fingerprint density at radius 1 is 1.14 bits per heavy atom. The first-order valence-corrected chi connectivity index (χ1v) is 4.41. The van der Waals surface area contributed by atoms with Crippen molar-refractivity contribution in [2.75, 3.05) is 13.2 Å². The summed E-state index contributed by atoms with van der Waals surface area (Å²) in [5, 5.41) is 24.2. The molecule has 3 N–H and O–H groups in total. The first kappa shape index (κ1) is 15.4. The van der Waals surface area contributed by atoms with Crippen LogP contribution in [0.5, 0.6) is 0 Å². The van der Waals surface area contributed by atoms with Crippen LogP contribution in [-0.2, 0) is 4.74 Å². The molecule has 0 bridgehead atoms. The van der Waals surface area contributed by atoms with Gasteiger partial charge in [-0.15, -0.1) is 0 Å². The van der Waals surface area contributed by atoms with Crippen LogP contribution in [0.3, 0.4) is 0 Å². The SMILES string of the molecule is C=COC(=O)O.OCCCCCCO. The second kappa shape index (κ2) is 14.5. The third-order valence-electron chi connectivity index (χ3n) is 1.25. The summed E-state index contributed by atoms with van der Waals surface area (Å²) in [5.74, 6) is 0. The van der Waals surface area contributed by atoms with E-state index in [2.05, 4.69) is 11.3 Å². The number of hydrogen-bond acceptors (Lipinski definition) is 4. The van der Waals surface area contributed by atoms with E-state index in [1.165, 1.54) is 0 Å². The molecule has 0 aromatic rings. The van der Waals surface area contributed by atoms with Crippen LogP contribution >= 0.6 is 0 Å². The number of ether oxygens (including phenoxy) is 1. The van der Waals surface area contributed by atoms with Gasteiger partial charge in [-0.3, -0.25) is 0 Å². The molecule has 0 atom stereocenters. The summed E-state index contributed by atoms with van der Waals surface area (Å²) in [5.41, 5.74) is 0. The van der Waals surface area contributed by atoms with E-state index >= 15 is 0 Å². The average Bonchev–Trinajstić information content (AvgIpc) is 2.13. The molecule has 0 saturated heterocycles. The van der Waals surface area contributed by atoms with Crippen LogP contribution in [0.1, 0.15) is 25.7 Å². The summed E-state index contributed by atoms with van der Waals surface area (Å²) in [7, 11) is 0. The largest absolute Gasteiger partial charge is 0.510 e. The number of unbranched alkanes of at least 4 members (excludes halogenated alkanes) is 3. The fraction of sp³-hybridized carbons (Fsp3) is 0.667. The quantitative estimate of drug-likeness (QED) is 0.347. The summed E-state index contributed by atoms with van der Waals surface area (Å²) < 4.78 is 3.72. The van der Waals surface area contributed by atoms with Crippen LogP contribution in [0.4, 0.5) is 4.79 Å². The van der Waals surface area contributed by atoms with Gasteiger partial charge in [-0.1, -0.05) is 19.4 Å². The molecule has 0 spiro atoms. The second-order valence-corrected chi connectivity index (χ2v) is 2.41. The van der Waals surface area contributed by atoms with E-state index in [0.29, 0.717) is 0 Å². The van der Waals surface area contributed by atoms with Gasteiger partial charge in [0.1, 0.15) is 0 Å². The number of aliphatic hydroxyl groups excluding tert-OH is 2. The maximum atomic E-state index is 9.31. The van der Waals surface area contributed by atoms with Gasteiger partial charge in [-0.25, -0.2) is 4.79 Å². The Hall–Kier alpha value is -1.07. The first-order chi connectivity index (χ1) is 6.68. The molecule has 0 aromatic heterocycles. The Kier molecular flexibility index (Phi) is 15.9. The Labute approximate surface area is 83.6 Å². The van der Waals surface area contributed by atoms with Crippen molar-refractivity contribution in [3.63, 3.8) is 0 Å². The molecule has 0 aromatic carbocycles. The summed E-state index contributed by atoms with van der Waals surface area (Å²) in [6, 6.07) is 0. The maximum absolute atomic E-state index is 9.31. The summed E-state index contributed by atoms with van der Waals surface area (Å²) in [6.45, 7) is 3.56. The predicted octanol–water partition coefficient (Wildman–Crippen LogP) is 1.36. The monoisotopic (exact) mass is 206 g/mol. The molecular formula is C9H18O5. The molecule has 0 fully saturated rings. The molecule has 0 saturated carbocycles. The van der Waals surface area contributed by atoms with E-state index in [0.717, 1.165) is 31.9 Å². The maximum Gasteiger partial charge on any atom is 0.510 e. The van der Waals surface area contributed by atoms with Crippen molar-refractivity contribution < 1.29 is 24.9 Å². The van der Waals surface area contributed by atoms with E-state index in [1.807, 2.05) is 0 Å². The Morgan fingerprint density at radius 2 is 1.57 bits per heavy atom. The van der Waals surface area contributed by atoms with Crippen molar-refractivity contribution in [2.45, 2.75) is 25.7 Å². The smallest absolute Gasteiger partial charge is 0.449 e. The molecule has 0 aliphatic rings. The molecule has 14 heavy (non-hydrogen) atoms. The number of rotatable bonds is 6. The lowest BCUT2D eigenvalue weighted by molar-refractivity contribution is 0.128. The fourth-order valence-electron chi connectivity index (χ4n) is 0.648. The van der Waals surface area contributed by atoms with Gasteiger partial charge < -0.3 is 20.1 Å². The van der Waals surface area contributed by atoms with Gasteiger partial charge in [0.2, 0.25) is 0 Å². The Balaban J connectivity index is 0. The van der Waals surface area contributed by atoms with E-state index in [9.17, 15) is 4.79 Å². The third-order valence-corrected chi connectivity index (χ3v) is 1.25. The van der Waals surface area contributed by atoms with E-state index in [1.54, 1.807) is 0 Å². The number of carbonyl (C=O) groups is 1. The fourth-order valence-corrected chi connectivity index (χ4v) is 0.648. The lowest BCUT2D eigenvalue weighted by atomic mass is 10.2. The summed E-state index contributed by atoms with van der Waals surface area (Å²) in [6.07, 6.45) is 3.35. The van der Waals surface area contributed by atoms with Gasteiger partial charge in [0, 0.05) is 13.2 Å². The van der Waals surface area contributed by atoms with Gasteiger partial charge in [0.15, 0.2) is 0 Å². The topological polar surface area (TPSA) is 87.0 Å². The van der Waals surface area contributed by atoms with E-state index in [-0.39, 0.29) is 13.2 Å². The van der Waals surface area contributed by atoms with Gasteiger partial charge in [-0.05, 0) is 12.8 Å². The lowest BCUT2D eigenvalue weighted by Crippen LogP contribution is -1.89. The highest BCUT2D eigenvalue weighted by Gasteiger charge is 1.85. The zero-order valence-electron chi connectivity index (χ0n) is 8.19. The molecule has 84 valence electrons. The van der Waals surface area contributed by atoms with Crippen LogP contribution in [0.25, 0.3) is 0 Å². The minimum atomic E-state index is -1.33. The molecule has 5 heteroatoms. The molecule has 0 aliphatic heterocycles. The molecule has 0 rings (SSSR count). The van der Waals surface area contributed by atoms with Crippen molar-refractivity contribution in [1.29, 1.82) is 0 Å². The van der Waals surface area contributed by atoms with Crippen LogP contribution in [0, 0.1) is 0 Å². The Morgan fingerprint density at radius 3 is 1.71 bits per heavy atom. The molecule has 0 amide bonds. The van der Waals surface area contributed by atoms with Crippen molar-refractivity contribution in [1.82, 2.24) is 0 Å². The third kappa shape index (κ3) is 22.4. The van der Waals surface area contributed by atoms with Crippen LogP contribution in [-0.4, -0.2) is 34.7 Å². The van der Waals surface area contributed by atoms with Gasteiger partial charge in [-0.2, -0.15) is 0 Å². The second-order valence-electron chi connectivity index (χ2n) is 2.41. The van der Waals surface area contributed by atoms with Gasteiger partial charge >= 0.3 is 6.16 Å². The minimum Gasteiger partial charge on any atom is -0.449 e. The normalized spacial score (nSPS) is 8.43. The van der Waals surface area contributed by atoms with Crippen molar-refractivity contribution >= 4 is 6.16 Å². The summed E-state index contributed by atoms with van der Waals surface area (Å²) in [4.78, 5) is 9.31. The first-order valence-electron chi connectivity index (χ1n) is 4.41. The molecule has 5 nitrogen and oxygen atoms in total. The standard InChI is InChI=1S/C6H14O2.C3H4O3/c7-5-3-1-2-4-6-8;1-2-6-3(4)5/h7-8H,1-6H2;2H,1H2,(H,4,5). The molecule has 0 aliphatic carbocycles. The highest BCUT2D eigenvalue weighted by molar-refractivity contribution is 5.57. The zero-order valence-corrected chi connectivity index (χ0v) is 8.19. The average molecular weight is 206 g/mol. The predicted molar refractivity (Wildman–Crippen MR) is 51.9 cm³/mol. The van der Waals surface area contributed by atoms with Crippen LogP contribution < -0.4 is 0 Å². The number of hydrogen-bond donors (Lipinski definition) is 3. The molecular weight excluding hydrogens is 188 g/mol. The Bertz CT molecular complexity index is 129. The highest BCUT2D eigenvalue weighted by atomic mass is 16.7. The van der Waals surface area contributed by atoms with Crippen molar-refractivity contribution in [3.8, 4) is 0 Å². The van der Waals surface area contributed by atoms with Crippen molar-refractivity contribution in [3.05, 3.63) is 12.8 Å². The number of aliphatic hydroxyl groups is 2. The van der Waals surface area contributed by atoms with Crippen molar-refractivity contribution in [2.24, 2.45) is 0 Å². The lowest BCUT2D eigenvalue weighted by Gasteiger charge is -1.93. The zero-order chi connectivity index (χ0) is 11.2. The molecule has 0 heterocycles. The minimum absolute atomic E-state index is 0.283. The summed E-state index contributed by atoms with van der Waals surface area (Å²) >= 11 is 0. The van der Waals surface area contributed by atoms with E-state index < -0.39 is 6.16 Å².